The predicted octanol–water partition coefficient (Wildman–Crippen LogP) is 2.97. The maximum atomic E-state index is 4.60. The van der Waals surface area contributed by atoms with Crippen molar-refractivity contribution < 1.29 is 0 Å². The molecule has 0 bridgehead atoms. The van der Waals surface area contributed by atoms with Crippen LogP contribution in [0.1, 0.15) is 38.3 Å². The normalized spacial score (nSPS) is 19.1. The largest absolute Gasteiger partial charge is 0.316 e. The topological polar surface area (TPSA) is 29.9 Å². The maximum absolute atomic E-state index is 4.60. The first-order chi connectivity index (χ1) is 9.72. The number of rotatable bonds is 1. The van der Waals surface area contributed by atoms with Crippen LogP contribution in [0, 0.1) is 17.8 Å². The van der Waals surface area contributed by atoms with E-state index in [9.17, 15) is 0 Å². The molecule has 1 N–H and O–H groups in total. The Morgan fingerprint density at radius 3 is 3.05 bits per heavy atom. The smallest absolute Gasteiger partial charge is 0.0935 e. The molecular formula is C17H21N3. The summed E-state index contributed by atoms with van der Waals surface area (Å²) in [5.41, 5.74) is 2.10. The van der Waals surface area contributed by atoms with Gasteiger partial charge in [0.05, 0.1) is 5.52 Å². The van der Waals surface area contributed by atoms with Gasteiger partial charge >= 0.3 is 0 Å². The van der Waals surface area contributed by atoms with E-state index in [1.54, 1.807) is 0 Å². The molecule has 1 fully saturated rings. The average Bonchev–Trinajstić information content (AvgIpc) is 2.89. The first-order valence-corrected chi connectivity index (χ1v) is 7.43. The van der Waals surface area contributed by atoms with Crippen molar-refractivity contribution in [3.8, 4) is 11.8 Å². The van der Waals surface area contributed by atoms with Gasteiger partial charge in [-0.05, 0) is 51.4 Å². The predicted molar refractivity (Wildman–Crippen MR) is 82.6 cm³/mol. The molecule has 20 heavy (non-hydrogen) atoms. The number of benzene rings is 1. The Hall–Kier alpha value is -1.79. The summed E-state index contributed by atoms with van der Waals surface area (Å²) in [6.45, 7) is 6.44. The van der Waals surface area contributed by atoms with E-state index < -0.39 is 0 Å². The van der Waals surface area contributed by atoms with Crippen LogP contribution in [-0.2, 0) is 0 Å². The minimum atomic E-state index is 0.394. The van der Waals surface area contributed by atoms with Crippen molar-refractivity contribution in [3.05, 3.63) is 30.0 Å². The van der Waals surface area contributed by atoms with Crippen LogP contribution in [0.3, 0.4) is 0 Å². The van der Waals surface area contributed by atoms with Gasteiger partial charge in [-0.1, -0.05) is 11.8 Å². The van der Waals surface area contributed by atoms with Gasteiger partial charge in [0.15, 0.2) is 0 Å². The zero-order valence-corrected chi connectivity index (χ0v) is 12.2. The summed E-state index contributed by atoms with van der Waals surface area (Å²) in [4.78, 5) is 0. The molecule has 0 spiro atoms. The summed E-state index contributed by atoms with van der Waals surface area (Å²) in [7, 11) is 0. The highest BCUT2D eigenvalue weighted by Gasteiger charge is 2.09. The minimum Gasteiger partial charge on any atom is -0.316 e. The fourth-order valence-corrected chi connectivity index (χ4v) is 2.54. The number of aromatic nitrogens is 2. The Kier molecular flexibility index (Phi) is 3.75. The highest BCUT2D eigenvalue weighted by atomic mass is 15.3. The Bertz CT molecular complexity index is 652. The quantitative estimate of drug-likeness (QED) is 0.805. The fourth-order valence-electron chi connectivity index (χ4n) is 2.54. The summed E-state index contributed by atoms with van der Waals surface area (Å²) in [6, 6.07) is 6.70. The lowest BCUT2D eigenvalue weighted by atomic mass is 10.00. The van der Waals surface area contributed by atoms with E-state index in [1.165, 1.54) is 18.2 Å². The van der Waals surface area contributed by atoms with Gasteiger partial charge < -0.3 is 5.32 Å². The zero-order chi connectivity index (χ0) is 13.9. The molecule has 2 aromatic rings. The molecule has 0 amide bonds. The van der Waals surface area contributed by atoms with Crippen molar-refractivity contribution in [1.82, 2.24) is 15.1 Å². The van der Waals surface area contributed by atoms with Crippen LogP contribution in [-0.4, -0.2) is 22.9 Å². The van der Waals surface area contributed by atoms with Crippen LogP contribution in [0.25, 0.3) is 10.9 Å². The highest BCUT2D eigenvalue weighted by Crippen LogP contribution is 2.17. The van der Waals surface area contributed by atoms with E-state index in [0.717, 1.165) is 24.2 Å². The molecule has 0 saturated carbocycles. The Morgan fingerprint density at radius 1 is 1.40 bits per heavy atom. The van der Waals surface area contributed by atoms with Gasteiger partial charge in [0.25, 0.3) is 0 Å². The SMILES string of the molecule is CC(C)n1cc2ccc(C#CC3CCCNC3)cc2n1. The molecule has 0 aliphatic carbocycles. The van der Waals surface area contributed by atoms with E-state index in [-0.39, 0.29) is 0 Å². The van der Waals surface area contributed by atoms with E-state index in [2.05, 4.69) is 60.5 Å². The molecule has 0 radical (unpaired) electrons. The van der Waals surface area contributed by atoms with Crippen molar-refractivity contribution in [2.45, 2.75) is 32.7 Å². The minimum absolute atomic E-state index is 0.394. The summed E-state index contributed by atoms with van der Waals surface area (Å²) < 4.78 is 2.01. The lowest BCUT2D eigenvalue weighted by Gasteiger charge is -2.17. The molecule has 3 rings (SSSR count). The third kappa shape index (κ3) is 2.86. The lowest BCUT2D eigenvalue weighted by molar-refractivity contribution is 0.449. The highest BCUT2D eigenvalue weighted by molar-refractivity contribution is 5.79. The lowest BCUT2D eigenvalue weighted by Crippen LogP contribution is -2.28. The number of piperidine rings is 1. The van der Waals surface area contributed by atoms with Crippen LogP contribution in [0.15, 0.2) is 24.4 Å². The standard InChI is InChI=1S/C17H21N3/c1-13(2)20-12-16-8-7-14(10-17(16)19-20)5-6-15-4-3-9-18-11-15/h7-8,10,12-13,15,18H,3-4,9,11H2,1-2H3. The molecular weight excluding hydrogens is 246 g/mol. The third-order valence-corrected chi connectivity index (χ3v) is 3.77. The van der Waals surface area contributed by atoms with Gasteiger partial charge in [-0.25, -0.2) is 0 Å². The molecule has 1 unspecified atom stereocenters. The Balaban J connectivity index is 1.83. The Morgan fingerprint density at radius 2 is 2.30 bits per heavy atom. The number of hydrogen-bond donors (Lipinski definition) is 1. The summed E-state index contributed by atoms with van der Waals surface area (Å²) >= 11 is 0. The van der Waals surface area contributed by atoms with Gasteiger partial charge in [-0.2, -0.15) is 5.10 Å². The third-order valence-electron chi connectivity index (χ3n) is 3.77. The van der Waals surface area contributed by atoms with Crippen molar-refractivity contribution in [2.75, 3.05) is 13.1 Å². The van der Waals surface area contributed by atoms with Gasteiger partial charge in [-0.3, -0.25) is 4.68 Å². The number of fused-ring (bicyclic) bond motifs is 1. The number of nitrogens with one attached hydrogen (secondary N) is 1. The van der Waals surface area contributed by atoms with Crippen LogP contribution in [0.5, 0.6) is 0 Å². The van der Waals surface area contributed by atoms with Gasteiger partial charge in [0.2, 0.25) is 0 Å². The first kappa shape index (κ1) is 13.2. The number of nitrogens with zero attached hydrogens (tertiary/aromatic N) is 2. The number of hydrogen-bond acceptors (Lipinski definition) is 2. The monoisotopic (exact) mass is 267 g/mol. The van der Waals surface area contributed by atoms with Gasteiger partial charge in [-0.15, -0.1) is 0 Å². The van der Waals surface area contributed by atoms with Crippen LogP contribution < -0.4 is 5.32 Å². The molecule has 3 nitrogen and oxygen atoms in total. The Labute approximate surface area is 120 Å². The second kappa shape index (κ2) is 5.68. The molecule has 104 valence electrons. The molecule has 1 atom stereocenters. The maximum Gasteiger partial charge on any atom is 0.0935 e. The van der Waals surface area contributed by atoms with Crippen molar-refractivity contribution in [2.24, 2.45) is 5.92 Å². The first-order valence-electron chi connectivity index (χ1n) is 7.43. The molecule has 1 aromatic heterocycles. The summed E-state index contributed by atoms with van der Waals surface area (Å²) in [5, 5.41) is 9.19. The van der Waals surface area contributed by atoms with Crippen molar-refractivity contribution >= 4 is 10.9 Å². The summed E-state index contributed by atoms with van der Waals surface area (Å²) in [5.74, 6) is 7.18. The molecule has 3 heteroatoms. The van der Waals surface area contributed by atoms with E-state index in [4.69, 9.17) is 0 Å². The summed E-state index contributed by atoms with van der Waals surface area (Å²) in [6.07, 6.45) is 4.55. The van der Waals surface area contributed by atoms with Gasteiger partial charge in [0.1, 0.15) is 0 Å². The van der Waals surface area contributed by atoms with E-state index >= 15 is 0 Å². The second-order valence-electron chi connectivity index (χ2n) is 5.79. The van der Waals surface area contributed by atoms with Crippen LogP contribution >= 0.6 is 0 Å². The second-order valence-corrected chi connectivity index (χ2v) is 5.79. The molecule has 1 aliphatic heterocycles. The fraction of sp³-hybridized carbons (Fsp3) is 0.471. The van der Waals surface area contributed by atoms with Crippen LogP contribution in [0.4, 0.5) is 0 Å². The van der Waals surface area contributed by atoms with E-state index in [1.807, 2.05) is 4.68 Å². The average molecular weight is 267 g/mol. The van der Waals surface area contributed by atoms with Crippen LogP contribution in [0.2, 0.25) is 0 Å². The molecule has 1 aromatic carbocycles. The van der Waals surface area contributed by atoms with E-state index in [0.29, 0.717) is 12.0 Å². The molecule has 2 heterocycles. The zero-order valence-electron chi connectivity index (χ0n) is 12.2. The van der Waals surface area contributed by atoms with Crippen molar-refractivity contribution in [3.63, 3.8) is 0 Å². The molecule has 1 saturated heterocycles. The van der Waals surface area contributed by atoms with Gasteiger partial charge in [0, 0.05) is 35.7 Å². The molecule has 1 aliphatic rings. The van der Waals surface area contributed by atoms with Crippen molar-refractivity contribution in [1.29, 1.82) is 0 Å².